The number of furan rings is 1. The van der Waals surface area contributed by atoms with Crippen LogP contribution in [-0.2, 0) is 11.3 Å². The minimum Gasteiger partial charge on any atom is -0.461 e. The second-order valence-electron chi connectivity index (χ2n) is 7.46. The highest BCUT2D eigenvalue weighted by molar-refractivity contribution is 7.99. The zero-order valence-corrected chi connectivity index (χ0v) is 19.2. The van der Waals surface area contributed by atoms with E-state index in [0.29, 0.717) is 29.1 Å². The Hall–Kier alpha value is -4.62. The molecule has 1 amide bonds. The van der Waals surface area contributed by atoms with Gasteiger partial charge in [0.25, 0.3) is 0 Å². The van der Waals surface area contributed by atoms with Gasteiger partial charge >= 0.3 is 0 Å². The van der Waals surface area contributed by atoms with Gasteiger partial charge in [0.05, 0.1) is 30.4 Å². The van der Waals surface area contributed by atoms with Crippen molar-refractivity contribution in [3.63, 3.8) is 0 Å². The smallest absolute Gasteiger partial charge is 0.236 e. The van der Waals surface area contributed by atoms with E-state index in [-0.39, 0.29) is 17.2 Å². The number of nitrogens with one attached hydrogen (secondary N) is 1. The molecule has 0 fully saturated rings. The molecule has 9 nitrogen and oxygen atoms in total. The number of hydrogen-bond acceptors (Lipinski definition) is 7. The number of rotatable bonds is 8. The van der Waals surface area contributed by atoms with Crippen LogP contribution in [0.25, 0.3) is 17.3 Å². The molecule has 2 aromatic carbocycles. The number of amides is 1. The van der Waals surface area contributed by atoms with Crippen LogP contribution in [0.4, 0.5) is 5.82 Å². The first-order chi connectivity index (χ1) is 17.2. The minimum atomic E-state index is -0.294. The monoisotopic (exact) mass is 481 g/mol. The number of carbonyl (C=O) groups is 1. The lowest BCUT2D eigenvalue weighted by molar-refractivity contribution is -0.113. The standard InChI is InChI=1S/C25H19N7O2S/c26-14-19-15-27-32(20-10-5-2-6-11-20)23(19)28-22(33)17-35-25-30-29-24(21-12-7-13-34-21)31(25)16-18-8-3-1-4-9-18/h1-13,15H,16-17H2,(H,28,33). The van der Waals surface area contributed by atoms with Crippen LogP contribution in [0.2, 0.25) is 0 Å². The number of thioether (sulfide) groups is 1. The molecule has 0 saturated heterocycles. The second-order valence-corrected chi connectivity index (χ2v) is 8.40. The predicted octanol–water partition coefficient (Wildman–Crippen LogP) is 4.37. The first-order valence-electron chi connectivity index (χ1n) is 10.7. The highest BCUT2D eigenvalue weighted by Gasteiger charge is 2.19. The molecular formula is C25H19N7O2S. The Kier molecular flexibility index (Phi) is 6.41. The molecule has 5 aromatic rings. The maximum absolute atomic E-state index is 12.9. The van der Waals surface area contributed by atoms with E-state index in [1.165, 1.54) is 22.6 Å². The third-order valence-corrected chi connectivity index (χ3v) is 6.09. The maximum atomic E-state index is 12.9. The Morgan fingerprint density at radius 1 is 1.03 bits per heavy atom. The van der Waals surface area contributed by atoms with Crippen LogP contribution in [0, 0.1) is 11.3 Å². The molecule has 0 spiro atoms. The first-order valence-corrected chi connectivity index (χ1v) is 11.7. The Bertz CT molecular complexity index is 1470. The molecule has 1 N–H and O–H groups in total. The van der Waals surface area contributed by atoms with Crippen molar-refractivity contribution in [3.8, 4) is 23.3 Å². The molecule has 10 heteroatoms. The number of benzene rings is 2. The van der Waals surface area contributed by atoms with Crippen molar-refractivity contribution in [2.45, 2.75) is 11.7 Å². The van der Waals surface area contributed by atoms with Gasteiger partial charge in [0.15, 0.2) is 16.7 Å². The molecule has 172 valence electrons. The number of aromatic nitrogens is 5. The van der Waals surface area contributed by atoms with Gasteiger partial charge in [-0.15, -0.1) is 10.2 Å². The Labute approximate surface area is 205 Å². The number of nitriles is 1. The number of hydrogen-bond donors (Lipinski definition) is 1. The number of para-hydroxylation sites is 1. The van der Waals surface area contributed by atoms with Crippen molar-refractivity contribution in [3.05, 3.63) is 96.4 Å². The van der Waals surface area contributed by atoms with E-state index in [0.717, 1.165) is 11.3 Å². The summed E-state index contributed by atoms with van der Waals surface area (Å²) < 4.78 is 8.99. The summed E-state index contributed by atoms with van der Waals surface area (Å²) in [6, 6.07) is 24.9. The van der Waals surface area contributed by atoms with Gasteiger partial charge in [0, 0.05) is 0 Å². The summed E-state index contributed by atoms with van der Waals surface area (Å²) in [6.07, 6.45) is 3.02. The SMILES string of the molecule is N#Cc1cnn(-c2ccccc2)c1NC(=O)CSc1nnc(-c2ccco2)n1Cc1ccccc1. The summed E-state index contributed by atoms with van der Waals surface area (Å²) in [5.41, 5.74) is 2.08. The molecule has 3 heterocycles. The van der Waals surface area contributed by atoms with Crippen LogP contribution in [-0.4, -0.2) is 36.2 Å². The average molecular weight is 482 g/mol. The van der Waals surface area contributed by atoms with Gasteiger partial charge in [0.1, 0.15) is 11.6 Å². The van der Waals surface area contributed by atoms with Crippen molar-refractivity contribution >= 4 is 23.5 Å². The van der Waals surface area contributed by atoms with Gasteiger partial charge in [-0.2, -0.15) is 10.4 Å². The lowest BCUT2D eigenvalue weighted by Gasteiger charge is -2.11. The van der Waals surface area contributed by atoms with E-state index in [1.807, 2.05) is 71.3 Å². The average Bonchev–Trinajstić information content (AvgIpc) is 3.64. The summed E-state index contributed by atoms with van der Waals surface area (Å²) in [5, 5.41) is 25.7. The van der Waals surface area contributed by atoms with E-state index in [1.54, 1.807) is 12.3 Å². The Morgan fingerprint density at radius 2 is 1.80 bits per heavy atom. The molecule has 5 rings (SSSR count). The molecule has 35 heavy (non-hydrogen) atoms. The molecule has 0 atom stereocenters. The lowest BCUT2D eigenvalue weighted by Crippen LogP contribution is -2.18. The van der Waals surface area contributed by atoms with Crippen molar-refractivity contribution in [1.82, 2.24) is 24.5 Å². The van der Waals surface area contributed by atoms with Gasteiger partial charge in [-0.25, -0.2) is 4.68 Å². The fourth-order valence-electron chi connectivity index (χ4n) is 3.51. The van der Waals surface area contributed by atoms with Crippen molar-refractivity contribution in [2.24, 2.45) is 0 Å². The third-order valence-electron chi connectivity index (χ3n) is 5.12. The van der Waals surface area contributed by atoms with Crippen LogP contribution in [0.15, 0.2) is 94.8 Å². The molecule has 3 aromatic heterocycles. The van der Waals surface area contributed by atoms with E-state index in [2.05, 4.69) is 26.7 Å². The summed E-state index contributed by atoms with van der Waals surface area (Å²) in [6.45, 7) is 0.521. The molecule has 0 radical (unpaired) electrons. The van der Waals surface area contributed by atoms with Crippen molar-refractivity contribution in [1.29, 1.82) is 5.26 Å². The van der Waals surface area contributed by atoms with E-state index < -0.39 is 0 Å². The second kappa shape index (κ2) is 10.1. The van der Waals surface area contributed by atoms with Gasteiger partial charge in [-0.3, -0.25) is 9.36 Å². The van der Waals surface area contributed by atoms with Crippen LogP contribution >= 0.6 is 11.8 Å². The fraction of sp³-hybridized carbons (Fsp3) is 0.0800. The highest BCUT2D eigenvalue weighted by Crippen LogP contribution is 2.26. The van der Waals surface area contributed by atoms with Crippen LogP contribution < -0.4 is 5.32 Å². The van der Waals surface area contributed by atoms with Crippen molar-refractivity contribution in [2.75, 3.05) is 11.1 Å². The largest absolute Gasteiger partial charge is 0.461 e. The topological polar surface area (TPSA) is 115 Å². The minimum absolute atomic E-state index is 0.0654. The molecule has 0 aliphatic rings. The van der Waals surface area contributed by atoms with Crippen molar-refractivity contribution < 1.29 is 9.21 Å². The maximum Gasteiger partial charge on any atom is 0.236 e. The lowest BCUT2D eigenvalue weighted by atomic mass is 10.2. The number of carbonyl (C=O) groups excluding carboxylic acids is 1. The normalized spacial score (nSPS) is 10.7. The van der Waals surface area contributed by atoms with E-state index >= 15 is 0 Å². The van der Waals surface area contributed by atoms with E-state index in [4.69, 9.17) is 4.42 Å². The Morgan fingerprint density at radius 3 is 2.51 bits per heavy atom. The highest BCUT2D eigenvalue weighted by atomic mass is 32.2. The van der Waals surface area contributed by atoms with Crippen LogP contribution in [0.1, 0.15) is 11.1 Å². The number of nitrogens with zero attached hydrogens (tertiary/aromatic N) is 6. The fourth-order valence-corrected chi connectivity index (χ4v) is 4.24. The number of anilines is 1. The summed E-state index contributed by atoms with van der Waals surface area (Å²) in [7, 11) is 0. The van der Waals surface area contributed by atoms with E-state index in [9.17, 15) is 10.1 Å². The Balaban J connectivity index is 1.36. The summed E-state index contributed by atoms with van der Waals surface area (Å²) in [5.74, 6) is 1.27. The molecule has 0 unspecified atom stereocenters. The quantitative estimate of drug-likeness (QED) is 0.327. The zero-order chi connectivity index (χ0) is 24.0. The summed E-state index contributed by atoms with van der Waals surface area (Å²) in [4.78, 5) is 12.9. The van der Waals surface area contributed by atoms with Gasteiger partial charge in [-0.1, -0.05) is 60.3 Å². The molecule has 0 saturated carbocycles. The molecule has 0 bridgehead atoms. The molecule has 0 aliphatic carbocycles. The van der Waals surface area contributed by atoms with Gasteiger partial charge in [-0.05, 0) is 29.8 Å². The molecule has 0 aliphatic heterocycles. The summed E-state index contributed by atoms with van der Waals surface area (Å²) >= 11 is 1.25. The van der Waals surface area contributed by atoms with Gasteiger partial charge in [0.2, 0.25) is 11.7 Å². The molecular weight excluding hydrogens is 462 g/mol. The first kappa shape index (κ1) is 22.2. The predicted molar refractivity (Wildman–Crippen MR) is 131 cm³/mol. The third kappa shape index (κ3) is 4.85. The van der Waals surface area contributed by atoms with Crippen LogP contribution in [0.3, 0.4) is 0 Å². The zero-order valence-electron chi connectivity index (χ0n) is 18.4. The van der Waals surface area contributed by atoms with Crippen LogP contribution in [0.5, 0.6) is 0 Å². The van der Waals surface area contributed by atoms with Gasteiger partial charge < -0.3 is 9.73 Å².